The molecule has 1 atom stereocenters. The molecule has 0 fully saturated rings. The first-order valence-electron chi connectivity index (χ1n) is 9.71. The summed E-state index contributed by atoms with van der Waals surface area (Å²) in [5.74, 6) is -2.38. The van der Waals surface area contributed by atoms with Crippen molar-refractivity contribution in [3.05, 3.63) is 101 Å². The Labute approximate surface area is 182 Å². The Bertz CT molecular complexity index is 1310. The summed E-state index contributed by atoms with van der Waals surface area (Å²) in [6.45, 7) is 1.67. The van der Waals surface area contributed by atoms with Crippen molar-refractivity contribution in [2.75, 3.05) is 0 Å². The SMILES string of the molecule is Cc1c(C(=O)NC(C#N)c2ccc(F)cc2F)nnn1-c1ccc(-c2ccccc2)cc1. The minimum atomic E-state index is -1.31. The van der Waals surface area contributed by atoms with Crippen molar-refractivity contribution in [1.82, 2.24) is 20.3 Å². The van der Waals surface area contributed by atoms with Gasteiger partial charge in [-0.05, 0) is 36.2 Å². The summed E-state index contributed by atoms with van der Waals surface area (Å²) in [7, 11) is 0. The van der Waals surface area contributed by atoms with E-state index in [0.29, 0.717) is 17.4 Å². The fraction of sp³-hybridized carbons (Fsp3) is 0.0833. The van der Waals surface area contributed by atoms with E-state index in [4.69, 9.17) is 0 Å². The quantitative estimate of drug-likeness (QED) is 0.506. The molecule has 8 heteroatoms. The Morgan fingerprint density at radius 3 is 2.38 bits per heavy atom. The number of rotatable bonds is 5. The molecule has 1 unspecified atom stereocenters. The number of hydrogen-bond donors (Lipinski definition) is 1. The van der Waals surface area contributed by atoms with Crippen LogP contribution in [0.3, 0.4) is 0 Å². The molecule has 0 aliphatic rings. The second kappa shape index (κ2) is 8.78. The highest BCUT2D eigenvalue weighted by Gasteiger charge is 2.23. The van der Waals surface area contributed by atoms with Crippen LogP contribution in [0.25, 0.3) is 16.8 Å². The highest BCUT2D eigenvalue weighted by molar-refractivity contribution is 5.93. The molecule has 1 amide bonds. The van der Waals surface area contributed by atoms with E-state index in [1.54, 1.807) is 6.92 Å². The number of nitriles is 1. The number of hydrogen-bond acceptors (Lipinski definition) is 4. The van der Waals surface area contributed by atoms with Gasteiger partial charge in [-0.25, -0.2) is 13.5 Å². The maximum atomic E-state index is 14.0. The van der Waals surface area contributed by atoms with Crippen molar-refractivity contribution < 1.29 is 13.6 Å². The molecule has 0 saturated heterocycles. The fourth-order valence-corrected chi connectivity index (χ4v) is 3.32. The predicted octanol–water partition coefficient (Wildman–Crippen LogP) is 4.52. The van der Waals surface area contributed by atoms with Crippen molar-refractivity contribution in [2.45, 2.75) is 13.0 Å². The standard InChI is InChI=1S/C24H17F2N5O/c1-15-23(24(32)28-22(14-27)20-12-9-18(25)13-21(20)26)29-30-31(15)19-10-7-17(8-11-19)16-5-3-2-4-6-16/h2-13,22H,1H3,(H,28,32). The van der Waals surface area contributed by atoms with Crippen LogP contribution in [0, 0.1) is 29.9 Å². The van der Waals surface area contributed by atoms with Gasteiger partial charge >= 0.3 is 0 Å². The third kappa shape index (κ3) is 4.09. The van der Waals surface area contributed by atoms with Gasteiger partial charge in [0, 0.05) is 11.6 Å². The van der Waals surface area contributed by atoms with Gasteiger partial charge in [0.2, 0.25) is 0 Å². The molecular formula is C24H17F2N5O. The first-order valence-corrected chi connectivity index (χ1v) is 9.71. The van der Waals surface area contributed by atoms with E-state index in [0.717, 1.165) is 23.3 Å². The zero-order valence-corrected chi connectivity index (χ0v) is 17.0. The van der Waals surface area contributed by atoms with Crippen LogP contribution in [0.15, 0.2) is 72.8 Å². The lowest BCUT2D eigenvalue weighted by atomic mass is 10.1. The van der Waals surface area contributed by atoms with Crippen LogP contribution in [0.1, 0.15) is 27.8 Å². The number of carbonyl (C=O) groups excluding carboxylic acids is 1. The number of nitrogens with zero attached hydrogens (tertiary/aromatic N) is 4. The van der Waals surface area contributed by atoms with Crippen LogP contribution in [-0.4, -0.2) is 20.9 Å². The number of benzene rings is 3. The Balaban J connectivity index is 1.56. The van der Waals surface area contributed by atoms with Gasteiger partial charge in [0.25, 0.3) is 5.91 Å². The number of amides is 1. The maximum Gasteiger partial charge on any atom is 0.275 e. The molecule has 0 bridgehead atoms. The number of nitrogens with one attached hydrogen (secondary N) is 1. The van der Waals surface area contributed by atoms with Crippen LogP contribution in [0.2, 0.25) is 0 Å². The molecular weight excluding hydrogens is 412 g/mol. The van der Waals surface area contributed by atoms with E-state index in [9.17, 15) is 18.8 Å². The van der Waals surface area contributed by atoms with E-state index >= 15 is 0 Å². The lowest BCUT2D eigenvalue weighted by Gasteiger charge is -2.12. The summed E-state index contributed by atoms with van der Waals surface area (Å²) in [5, 5.41) is 19.8. The summed E-state index contributed by atoms with van der Waals surface area (Å²) in [6, 6.07) is 20.8. The third-order valence-corrected chi connectivity index (χ3v) is 5.01. The molecule has 0 aliphatic heterocycles. The van der Waals surface area contributed by atoms with E-state index in [1.807, 2.05) is 60.7 Å². The largest absolute Gasteiger partial charge is 0.331 e. The number of carbonyl (C=O) groups is 1. The molecule has 1 N–H and O–H groups in total. The lowest BCUT2D eigenvalue weighted by Crippen LogP contribution is -2.29. The summed E-state index contributed by atoms with van der Waals surface area (Å²) in [6.07, 6.45) is 0. The maximum absolute atomic E-state index is 14.0. The van der Waals surface area contributed by atoms with Gasteiger partial charge in [-0.15, -0.1) is 5.10 Å². The van der Waals surface area contributed by atoms with Crippen LogP contribution < -0.4 is 5.32 Å². The summed E-state index contributed by atoms with van der Waals surface area (Å²) >= 11 is 0. The molecule has 0 saturated carbocycles. The summed E-state index contributed by atoms with van der Waals surface area (Å²) in [5.41, 5.74) is 3.12. The Morgan fingerprint density at radius 2 is 1.72 bits per heavy atom. The Kier molecular flexibility index (Phi) is 5.73. The molecule has 4 aromatic rings. The smallest absolute Gasteiger partial charge is 0.275 e. The Morgan fingerprint density at radius 1 is 1.03 bits per heavy atom. The second-order valence-electron chi connectivity index (χ2n) is 7.05. The molecule has 6 nitrogen and oxygen atoms in total. The Hall–Kier alpha value is -4.38. The van der Waals surface area contributed by atoms with E-state index in [1.165, 1.54) is 4.68 Å². The summed E-state index contributed by atoms with van der Waals surface area (Å²) in [4.78, 5) is 12.7. The first kappa shape index (κ1) is 20.9. The highest BCUT2D eigenvalue weighted by Crippen LogP contribution is 2.22. The van der Waals surface area contributed by atoms with Gasteiger partial charge in [0.1, 0.15) is 17.7 Å². The molecule has 0 aliphatic carbocycles. The molecule has 32 heavy (non-hydrogen) atoms. The fourth-order valence-electron chi connectivity index (χ4n) is 3.32. The highest BCUT2D eigenvalue weighted by atomic mass is 19.1. The first-order chi connectivity index (χ1) is 15.5. The monoisotopic (exact) mass is 429 g/mol. The van der Waals surface area contributed by atoms with Crippen molar-refractivity contribution in [3.63, 3.8) is 0 Å². The molecule has 158 valence electrons. The van der Waals surface area contributed by atoms with Crippen LogP contribution in [-0.2, 0) is 0 Å². The molecule has 1 heterocycles. The zero-order chi connectivity index (χ0) is 22.7. The molecule has 3 aromatic carbocycles. The number of aromatic nitrogens is 3. The van der Waals surface area contributed by atoms with Gasteiger partial charge in [-0.3, -0.25) is 4.79 Å². The molecule has 0 radical (unpaired) electrons. The van der Waals surface area contributed by atoms with Crippen molar-refractivity contribution in [2.24, 2.45) is 0 Å². The lowest BCUT2D eigenvalue weighted by molar-refractivity contribution is 0.0939. The topological polar surface area (TPSA) is 83.6 Å². The minimum Gasteiger partial charge on any atom is -0.331 e. The van der Waals surface area contributed by atoms with Gasteiger partial charge in [-0.1, -0.05) is 53.7 Å². The van der Waals surface area contributed by atoms with Crippen LogP contribution in [0.4, 0.5) is 8.78 Å². The average molecular weight is 429 g/mol. The molecule has 4 rings (SSSR count). The van der Waals surface area contributed by atoms with E-state index in [-0.39, 0.29) is 11.3 Å². The van der Waals surface area contributed by atoms with Crippen molar-refractivity contribution >= 4 is 5.91 Å². The molecule has 1 aromatic heterocycles. The van der Waals surface area contributed by atoms with E-state index < -0.39 is 23.6 Å². The van der Waals surface area contributed by atoms with Crippen molar-refractivity contribution in [3.8, 4) is 22.9 Å². The summed E-state index contributed by atoms with van der Waals surface area (Å²) < 4.78 is 28.7. The van der Waals surface area contributed by atoms with Gasteiger partial charge in [-0.2, -0.15) is 5.26 Å². The van der Waals surface area contributed by atoms with Crippen LogP contribution in [0.5, 0.6) is 0 Å². The van der Waals surface area contributed by atoms with Crippen molar-refractivity contribution in [1.29, 1.82) is 5.26 Å². The average Bonchev–Trinajstić information content (AvgIpc) is 3.20. The number of halogens is 2. The normalized spacial score (nSPS) is 11.6. The predicted molar refractivity (Wildman–Crippen MR) is 114 cm³/mol. The molecule has 0 spiro atoms. The zero-order valence-electron chi connectivity index (χ0n) is 17.0. The third-order valence-electron chi connectivity index (χ3n) is 5.01. The van der Waals surface area contributed by atoms with Gasteiger partial charge in [0.15, 0.2) is 5.69 Å². The minimum absolute atomic E-state index is 0.0000873. The second-order valence-corrected chi connectivity index (χ2v) is 7.05. The van der Waals surface area contributed by atoms with Gasteiger partial charge in [0.05, 0.1) is 17.5 Å². The van der Waals surface area contributed by atoms with E-state index in [2.05, 4.69) is 15.6 Å². The van der Waals surface area contributed by atoms with Crippen LogP contribution >= 0.6 is 0 Å². The van der Waals surface area contributed by atoms with Gasteiger partial charge < -0.3 is 5.32 Å².